The van der Waals surface area contributed by atoms with E-state index in [1.165, 1.54) is 0 Å². The molecule has 0 saturated heterocycles. The smallest absolute Gasteiger partial charge is 0.122 e. The lowest BCUT2D eigenvalue weighted by atomic mass is 10.1. The van der Waals surface area contributed by atoms with Gasteiger partial charge in [-0.15, -0.1) is 0 Å². The maximum atomic E-state index is 8.81. The predicted octanol–water partition coefficient (Wildman–Crippen LogP) is 2.63. The third-order valence-corrected chi connectivity index (χ3v) is 2.25. The van der Waals surface area contributed by atoms with Crippen molar-refractivity contribution >= 4 is 0 Å². The Bertz CT molecular complexity index is 544. The maximum Gasteiger partial charge on any atom is 0.122 e. The van der Waals surface area contributed by atoms with Crippen molar-refractivity contribution in [3.05, 3.63) is 48.2 Å². The van der Waals surface area contributed by atoms with Crippen molar-refractivity contribution in [2.24, 2.45) is 0 Å². The molecule has 16 heavy (non-hydrogen) atoms. The van der Waals surface area contributed by atoms with Gasteiger partial charge in [0, 0.05) is 17.8 Å². The lowest BCUT2D eigenvalue weighted by Gasteiger charge is -2.03. The summed E-state index contributed by atoms with van der Waals surface area (Å²) in [6, 6.07) is 13.1. The molecule has 78 valence electrons. The second-order valence-corrected chi connectivity index (χ2v) is 3.27. The second-order valence-electron chi connectivity index (χ2n) is 3.27. The molecule has 0 unspecified atom stereocenters. The normalized spacial score (nSPS) is 9.50. The second kappa shape index (κ2) is 4.45. The molecule has 0 amide bonds. The SMILES string of the molecule is COc1ccnc(-c2cccc(C#N)c2)c1. The molecule has 0 bridgehead atoms. The lowest BCUT2D eigenvalue weighted by Crippen LogP contribution is -1.87. The third-order valence-electron chi connectivity index (χ3n) is 2.25. The Hall–Kier alpha value is -2.34. The molecule has 0 atom stereocenters. The number of hydrogen-bond donors (Lipinski definition) is 0. The van der Waals surface area contributed by atoms with Gasteiger partial charge in [0.05, 0.1) is 24.4 Å². The number of hydrogen-bond acceptors (Lipinski definition) is 3. The Labute approximate surface area is 93.9 Å². The van der Waals surface area contributed by atoms with Gasteiger partial charge in [-0.25, -0.2) is 0 Å². The van der Waals surface area contributed by atoms with E-state index in [9.17, 15) is 0 Å². The monoisotopic (exact) mass is 210 g/mol. The van der Waals surface area contributed by atoms with Crippen LogP contribution in [-0.2, 0) is 0 Å². The average Bonchev–Trinajstić information content (AvgIpc) is 2.39. The fourth-order valence-electron chi connectivity index (χ4n) is 1.44. The molecule has 2 aromatic rings. The van der Waals surface area contributed by atoms with Crippen LogP contribution in [0.4, 0.5) is 0 Å². The van der Waals surface area contributed by atoms with Crippen LogP contribution in [0.2, 0.25) is 0 Å². The van der Waals surface area contributed by atoms with E-state index >= 15 is 0 Å². The maximum absolute atomic E-state index is 8.81. The summed E-state index contributed by atoms with van der Waals surface area (Å²) in [5.41, 5.74) is 2.34. The first kappa shape index (κ1) is 10.2. The van der Waals surface area contributed by atoms with Crippen molar-refractivity contribution in [2.75, 3.05) is 7.11 Å². The summed E-state index contributed by atoms with van der Waals surface area (Å²) in [5.74, 6) is 0.757. The molecule has 1 heterocycles. The third kappa shape index (κ3) is 2.01. The molecular formula is C13H10N2O. The van der Waals surface area contributed by atoms with Crippen LogP contribution in [0.25, 0.3) is 11.3 Å². The fraction of sp³-hybridized carbons (Fsp3) is 0.0769. The number of nitriles is 1. The predicted molar refractivity (Wildman–Crippen MR) is 60.9 cm³/mol. The first-order chi connectivity index (χ1) is 7.83. The van der Waals surface area contributed by atoms with Crippen LogP contribution in [-0.4, -0.2) is 12.1 Å². The van der Waals surface area contributed by atoms with E-state index in [2.05, 4.69) is 11.1 Å². The van der Waals surface area contributed by atoms with E-state index in [1.807, 2.05) is 24.3 Å². The zero-order valence-electron chi connectivity index (χ0n) is 8.84. The number of methoxy groups -OCH3 is 1. The minimum atomic E-state index is 0.627. The highest BCUT2D eigenvalue weighted by atomic mass is 16.5. The molecule has 1 aromatic carbocycles. The molecule has 0 spiro atoms. The number of aromatic nitrogens is 1. The Morgan fingerprint density at radius 1 is 1.25 bits per heavy atom. The van der Waals surface area contributed by atoms with Gasteiger partial charge < -0.3 is 4.74 Å². The van der Waals surface area contributed by atoms with E-state index in [-0.39, 0.29) is 0 Å². The van der Waals surface area contributed by atoms with Gasteiger partial charge in [0.25, 0.3) is 0 Å². The summed E-state index contributed by atoms with van der Waals surface area (Å²) in [6.07, 6.45) is 1.69. The van der Waals surface area contributed by atoms with Crippen molar-refractivity contribution < 1.29 is 4.74 Å². The first-order valence-electron chi connectivity index (χ1n) is 4.84. The summed E-state index contributed by atoms with van der Waals surface area (Å²) in [4.78, 5) is 4.24. The standard InChI is InChI=1S/C13H10N2O/c1-16-12-5-6-15-13(8-12)11-4-2-3-10(7-11)9-14/h2-8H,1H3. The van der Waals surface area contributed by atoms with Crippen molar-refractivity contribution in [1.29, 1.82) is 5.26 Å². The Morgan fingerprint density at radius 2 is 2.12 bits per heavy atom. The minimum absolute atomic E-state index is 0.627. The van der Waals surface area contributed by atoms with Crippen LogP contribution < -0.4 is 4.74 Å². The van der Waals surface area contributed by atoms with Crippen molar-refractivity contribution in [3.8, 4) is 23.1 Å². The Kier molecular flexibility index (Phi) is 2.84. The zero-order valence-corrected chi connectivity index (χ0v) is 8.84. The van der Waals surface area contributed by atoms with Crippen molar-refractivity contribution in [3.63, 3.8) is 0 Å². The highest BCUT2D eigenvalue weighted by Crippen LogP contribution is 2.21. The Morgan fingerprint density at radius 3 is 2.88 bits per heavy atom. The first-order valence-corrected chi connectivity index (χ1v) is 4.84. The topological polar surface area (TPSA) is 45.9 Å². The summed E-state index contributed by atoms with van der Waals surface area (Å²) in [7, 11) is 1.62. The quantitative estimate of drug-likeness (QED) is 0.765. The summed E-state index contributed by atoms with van der Waals surface area (Å²) >= 11 is 0. The molecule has 0 aliphatic carbocycles. The van der Waals surface area contributed by atoms with Gasteiger partial charge in [0.15, 0.2) is 0 Å². The van der Waals surface area contributed by atoms with Gasteiger partial charge in [0.2, 0.25) is 0 Å². The van der Waals surface area contributed by atoms with E-state index in [4.69, 9.17) is 10.00 Å². The van der Waals surface area contributed by atoms with Crippen LogP contribution in [0.15, 0.2) is 42.6 Å². The number of ether oxygens (including phenoxy) is 1. The molecule has 2 rings (SSSR count). The molecule has 0 aliphatic rings. The molecule has 3 nitrogen and oxygen atoms in total. The van der Waals surface area contributed by atoms with Crippen LogP contribution in [0.1, 0.15) is 5.56 Å². The summed E-state index contributed by atoms with van der Waals surface area (Å²) < 4.78 is 5.13. The summed E-state index contributed by atoms with van der Waals surface area (Å²) in [6.45, 7) is 0. The summed E-state index contributed by atoms with van der Waals surface area (Å²) in [5, 5.41) is 8.81. The van der Waals surface area contributed by atoms with E-state index in [0.29, 0.717) is 5.56 Å². The highest BCUT2D eigenvalue weighted by Gasteiger charge is 2.01. The van der Waals surface area contributed by atoms with Gasteiger partial charge in [-0.1, -0.05) is 12.1 Å². The van der Waals surface area contributed by atoms with Gasteiger partial charge in [-0.05, 0) is 18.2 Å². The number of rotatable bonds is 2. The number of benzene rings is 1. The van der Waals surface area contributed by atoms with Crippen LogP contribution in [0.5, 0.6) is 5.75 Å². The van der Waals surface area contributed by atoms with E-state index in [0.717, 1.165) is 17.0 Å². The van der Waals surface area contributed by atoms with Crippen LogP contribution in [0, 0.1) is 11.3 Å². The molecule has 0 fully saturated rings. The lowest BCUT2D eigenvalue weighted by molar-refractivity contribution is 0.414. The fourth-order valence-corrected chi connectivity index (χ4v) is 1.44. The number of pyridine rings is 1. The molecular weight excluding hydrogens is 200 g/mol. The van der Waals surface area contributed by atoms with E-state index in [1.54, 1.807) is 25.4 Å². The molecule has 3 heteroatoms. The molecule has 0 radical (unpaired) electrons. The van der Waals surface area contributed by atoms with Crippen molar-refractivity contribution in [1.82, 2.24) is 4.98 Å². The highest BCUT2D eigenvalue weighted by molar-refractivity contribution is 5.62. The molecule has 0 aliphatic heterocycles. The molecule has 0 saturated carbocycles. The Balaban J connectivity index is 2.46. The van der Waals surface area contributed by atoms with Gasteiger partial charge in [0.1, 0.15) is 5.75 Å². The molecule has 0 N–H and O–H groups in total. The van der Waals surface area contributed by atoms with Crippen LogP contribution in [0.3, 0.4) is 0 Å². The van der Waals surface area contributed by atoms with Crippen molar-refractivity contribution in [2.45, 2.75) is 0 Å². The average molecular weight is 210 g/mol. The zero-order chi connectivity index (χ0) is 11.4. The van der Waals surface area contributed by atoms with Crippen LogP contribution >= 0.6 is 0 Å². The largest absolute Gasteiger partial charge is 0.497 e. The van der Waals surface area contributed by atoms with Gasteiger partial charge >= 0.3 is 0 Å². The molecule has 1 aromatic heterocycles. The van der Waals surface area contributed by atoms with Gasteiger partial charge in [-0.2, -0.15) is 5.26 Å². The number of nitrogens with zero attached hydrogens (tertiary/aromatic N) is 2. The minimum Gasteiger partial charge on any atom is -0.497 e. The van der Waals surface area contributed by atoms with Gasteiger partial charge in [-0.3, -0.25) is 4.98 Å². The van der Waals surface area contributed by atoms with E-state index < -0.39 is 0 Å².